The van der Waals surface area contributed by atoms with Crippen molar-refractivity contribution in [1.29, 1.82) is 0 Å². The van der Waals surface area contributed by atoms with Gasteiger partial charge in [0.25, 0.3) is 0 Å². The lowest BCUT2D eigenvalue weighted by Crippen LogP contribution is -2.19. The number of aromatic nitrogens is 2. The number of hydrogen-bond acceptors (Lipinski definition) is 2. The first kappa shape index (κ1) is 9.97. The van der Waals surface area contributed by atoms with Gasteiger partial charge in [0.05, 0.1) is 11.7 Å². The van der Waals surface area contributed by atoms with E-state index in [0.29, 0.717) is 0 Å². The summed E-state index contributed by atoms with van der Waals surface area (Å²) in [5, 5.41) is 12.8. The van der Waals surface area contributed by atoms with Crippen LogP contribution in [0.15, 0.2) is 30.6 Å². The van der Waals surface area contributed by atoms with Crippen LogP contribution in [0.3, 0.4) is 0 Å². The predicted molar refractivity (Wildman–Crippen MR) is 46.2 cm³/mol. The number of aliphatic hydroxyl groups excluding tert-OH is 1. The van der Waals surface area contributed by atoms with Gasteiger partial charge in [0, 0.05) is 11.8 Å². The molecule has 0 bridgehead atoms. The van der Waals surface area contributed by atoms with Gasteiger partial charge in [-0.1, -0.05) is 6.07 Å². The molecular formula is C9H7F3N2O. The average molecular weight is 216 g/mol. The minimum Gasteiger partial charge on any atom is -0.379 e. The average Bonchev–Trinajstić information content (AvgIpc) is 2.58. The Balaban J connectivity index is 2.53. The maximum atomic E-state index is 12.3. The molecule has 0 saturated heterocycles. The lowest BCUT2D eigenvalue weighted by molar-refractivity contribution is -0.206. The number of nitrogens with zero attached hydrogens (tertiary/aromatic N) is 2. The van der Waals surface area contributed by atoms with Crippen LogP contribution in [-0.2, 0) is 0 Å². The number of rotatable bonds is 1. The molecule has 15 heavy (non-hydrogen) atoms. The van der Waals surface area contributed by atoms with Gasteiger partial charge < -0.3 is 5.11 Å². The van der Waals surface area contributed by atoms with Gasteiger partial charge in [-0.25, -0.2) is 4.52 Å². The van der Waals surface area contributed by atoms with E-state index < -0.39 is 12.3 Å². The second-order valence-corrected chi connectivity index (χ2v) is 3.07. The maximum absolute atomic E-state index is 12.3. The van der Waals surface area contributed by atoms with E-state index in [1.807, 2.05) is 0 Å². The number of halogens is 3. The molecule has 2 aromatic rings. The van der Waals surface area contributed by atoms with Crippen molar-refractivity contribution in [3.63, 3.8) is 0 Å². The normalized spacial score (nSPS) is 14.4. The van der Waals surface area contributed by atoms with Crippen LogP contribution in [0.5, 0.6) is 0 Å². The fraction of sp³-hybridized carbons (Fsp3) is 0.222. The summed E-state index contributed by atoms with van der Waals surface area (Å²) in [6, 6.07) is 4.70. The zero-order chi connectivity index (χ0) is 11.1. The molecule has 0 radical (unpaired) electrons. The first-order chi connectivity index (χ1) is 7.00. The molecule has 0 aliphatic carbocycles. The molecule has 0 amide bonds. The lowest BCUT2D eigenvalue weighted by atomic mass is 10.1. The topological polar surface area (TPSA) is 37.5 Å². The Morgan fingerprint density at radius 2 is 2.07 bits per heavy atom. The van der Waals surface area contributed by atoms with E-state index in [-0.39, 0.29) is 11.1 Å². The quantitative estimate of drug-likeness (QED) is 0.790. The summed E-state index contributed by atoms with van der Waals surface area (Å²) in [6.45, 7) is 0. The van der Waals surface area contributed by atoms with Gasteiger partial charge in [0.15, 0.2) is 6.10 Å². The van der Waals surface area contributed by atoms with Crippen LogP contribution in [-0.4, -0.2) is 20.9 Å². The molecular weight excluding hydrogens is 209 g/mol. The van der Waals surface area contributed by atoms with E-state index in [0.717, 1.165) is 6.20 Å². The molecule has 0 aliphatic rings. The van der Waals surface area contributed by atoms with Crippen LogP contribution in [0.1, 0.15) is 11.7 Å². The van der Waals surface area contributed by atoms with E-state index in [2.05, 4.69) is 5.10 Å². The molecule has 1 N–H and O–H groups in total. The third kappa shape index (κ3) is 1.68. The number of alkyl halides is 3. The molecule has 2 aromatic heterocycles. The highest BCUT2D eigenvalue weighted by Gasteiger charge is 2.40. The Labute approximate surface area is 82.8 Å². The second-order valence-electron chi connectivity index (χ2n) is 3.07. The molecule has 2 rings (SSSR count). The summed E-state index contributed by atoms with van der Waals surface area (Å²) in [4.78, 5) is 0. The molecule has 2 heterocycles. The van der Waals surface area contributed by atoms with Gasteiger partial charge in [-0.15, -0.1) is 0 Å². The van der Waals surface area contributed by atoms with E-state index in [9.17, 15) is 13.2 Å². The Morgan fingerprint density at radius 1 is 1.33 bits per heavy atom. The Bertz CT molecular complexity index is 477. The first-order valence-electron chi connectivity index (χ1n) is 4.17. The largest absolute Gasteiger partial charge is 0.418 e. The van der Waals surface area contributed by atoms with Crippen molar-refractivity contribution in [1.82, 2.24) is 9.61 Å². The fourth-order valence-corrected chi connectivity index (χ4v) is 1.34. The fourth-order valence-electron chi connectivity index (χ4n) is 1.34. The highest BCUT2D eigenvalue weighted by atomic mass is 19.4. The molecule has 0 aliphatic heterocycles. The zero-order valence-corrected chi connectivity index (χ0v) is 7.44. The van der Waals surface area contributed by atoms with Crippen LogP contribution in [0.4, 0.5) is 13.2 Å². The van der Waals surface area contributed by atoms with Crippen LogP contribution in [0.2, 0.25) is 0 Å². The van der Waals surface area contributed by atoms with E-state index in [1.165, 1.54) is 16.8 Å². The van der Waals surface area contributed by atoms with Crippen molar-refractivity contribution >= 4 is 5.52 Å². The number of fused-ring (bicyclic) bond motifs is 1. The minimum atomic E-state index is -4.67. The molecule has 0 fully saturated rings. The van der Waals surface area contributed by atoms with Crippen LogP contribution in [0, 0.1) is 0 Å². The van der Waals surface area contributed by atoms with Gasteiger partial charge in [-0.2, -0.15) is 18.3 Å². The highest BCUT2D eigenvalue weighted by molar-refractivity contribution is 5.54. The summed E-state index contributed by atoms with van der Waals surface area (Å²) in [6.07, 6.45) is -4.62. The summed E-state index contributed by atoms with van der Waals surface area (Å²) < 4.78 is 38.0. The van der Waals surface area contributed by atoms with Crippen LogP contribution in [0.25, 0.3) is 5.52 Å². The SMILES string of the molecule is O[C@@H](c1cnn2ccccc12)C(F)(F)F. The first-order valence-corrected chi connectivity index (χ1v) is 4.17. The molecule has 0 saturated carbocycles. The maximum Gasteiger partial charge on any atom is 0.418 e. The summed E-state index contributed by atoms with van der Waals surface area (Å²) >= 11 is 0. The van der Waals surface area contributed by atoms with Crippen molar-refractivity contribution in [2.45, 2.75) is 12.3 Å². The van der Waals surface area contributed by atoms with Gasteiger partial charge in [-0.3, -0.25) is 0 Å². The Morgan fingerprint density at radius 3 is 2.73 bits per heavy atom. The number of hydrogen-bond donors (Lipinski definition) is 1. The monoisotopic (exact) mass is 216 g/mol. The molecule has 80 valence electrons. The van der Waals surface area contributed by atoms with E-state index in [4.69, 9.17) is 5.11 Å². The summed E-state index contributed by atoms with van der Waals surface area (Å²) in [5.41, 5.74) is 0.0189. The van der Waals surface area contributed by atoms with Crippen molar-refractivity contribution in [2.24, 2.45) is 0 Å². The van der Waals surface area contributed by atoms with Crippen molar-refractivity contribution in [2.75, 3.05) is 0 Å². The molecule has 3 nitrogen and oxygen atoms in total. The zero-order valence-electron chi connectivity index (χ0n) is 7.44. The standard InChI is InChI=1S/C9H7F3N2O/c10-9(11,12)8(15)6-5-13-14-4-2-1-3-7(6)14/h1-5,8,15H/t8-/m0/s1. The van der Waals surface area contributed by atoms with Gasteiger partial charge in [-0.05, 0) is 12.1 Å². The smallest absolute Gasteiger partial charge is 0.379 e. The molecule has 0 aromatic carbocycles. The van der Waals surface area contributed by atoms with Gasteiger partial charge in [0.1, 0.15) is 0 Å². The van der Waals surface area contributed by atoms with Gasteiger partial charge in [0.2, 0.25) is 0 Å². The molecule has 0 spiro atoms. The lowest BCUT2D eigenvalue weighted by Gasteiger charge is -2.12. The van der Waals surface area contributed by atoms with Crippen molar-refractivity contribution in [3.05, 3.63) is 36.2 Å². The number of pyridine rings is 1. The minimum absolute atomic E-state index is 0.233. The van der Waals surface area contributed by atoms with E-state index in [1.54, 1.807) is 12.1 Å². The van der Waals surface area contributed by atoms with E-state index >= 15 is 0 Å². The Hall–Kier alpha value is -1.56. The van der Waals surface area contributed by atoms with Crippen LogP contribution < -0.4 is 0 Å². The molecule has 6 heteroatoms. The predicted octanol–water partition coefficient (Wildman–Crippen LogP) is 1.93. The third-order valence-corrected chi connectivity index (χ3v) is 2.06. The molecule has 0 unspecified atom stereocenters. The highest BCUT2D eigenvalue weighted by Crippen LogP contribution is 2.34. The third-order valence-electron chi connectivity index (χ3n) is 2.06. The summed E-state index contributed by atoms with van der Waals surface area (Å²) in [7, 11) is 0. The number of aliphatic hydroxyl groups is 1. The van der Waals surface area contributed by atoms with Crippen molar-refractivity contribution in [3.8, 4) is 0 Å². The second kappa shape index (κ2) is 3.23. The molecule has 1 atom stereocenters. The van der Waals surface area contributed by atoms with Gasteiger partial charge >= 0.3 is 6.18 Å². The van der Waals surface area contributed by atoms with Crippen LogP contribution >= 0.6 is 0 Å². The van der Waals surface area contributed by atoms with Crippen molar-refractivity contribution < 1.29 is 18.3 Å². The Kier molecular flexibility index (Phi) is 2.15. The summed E-state index contributed by atoms with van der Waals surface area (Å²) in [5.74, 6) is 0.